The Kier molecular flexibility index (Phi) is 13.4. The summed E-state index contributed by atoms with van der Waals surface area (Å²) in [5, 5.41) is 5.00. The van der Waals surface area contributed by atoms with Crippen molar-refractivity contribution >= 4 is 56.7 Å². The fraction of sp³-hybridized carbons (Fsp3) is 0.286. The Morgan fingerprint density at radius 1 is 0.661 bits per heavy atom. The fourth-order valence-electron chi connectivity index (χ4n) is 6.66. The zero-order valence-corrected chi connectivity index (χ0v) is 34.4. The van der Waals surface area contributed by atoms with E-state index in [1.54, 1.807) is 14.0 Å². The molecule has 0 aliphatic carbocycles. The highest BCUT2D eigenvalue weighted by molar-refractivity contribution is 7.91. The van der Waals surface area contributed by atoms with E-state index in [0.29, 0.717) is 17.3 Å². The average Bonchev–Trinajstić information content (AvgIpc) is 3.58. The van der Waals surface area contributed by atoms with Crippen LogP contribution in [0.2, 0.25) is 0 Å². The molecule has 2 N–H and O–H groups in total. The standard InChI is InChI=1S/C32H30N4O10S.C10H14O2/c1-5-46-26-14-19(12-13-25(26)45-4)24(36-30(40)21-9-7-11-23(34-18(3)38)28(21)32(36)42)15-47(43,44)16-35-29(39)20-8-6-10-22(33-17(2)37)27(20)31(35)41;1-4-12-10-7-8(2)5-6-9(10)11-3/h6-14,24H,5,15-16H2,1-4H3,(H,33,37)(H,34,38);5-7H,4H2,1-3H3. The Morgan fingerprint density at radius 3 is 1.69 bits per heavy atom. The predicted molar refractivity (Wildman–Crippen MR) is 217 cm³/mol. The molecule has 4 aromatic rings. The van der Waals surface area contributed by atoms with Crippen molar-refractivity contribution in [2.24, 2.45) is 0 Å². The number of hydrogen-bond donors (Lipinski definition) is 2. The van der Waals surface area contributed by atoms with Gasteiger partial charge in [0.15, 0.2) is 32.8 Å². The van der Waals surface area contributed by atoms with E-state index in [2.05, 4.69) is 10.6 Å². The Bertz CT molecular complexity index is 2450. The lowest BCUT2D eigenvalue weighted by molar-refractivity contribution is -0.115. The third-order valence-electron chi connectivity index (χ3n) is 9.11. The van der Waals surface area contributed by atoms with Crippen LogP contribution in [-0.2, 0) is 19.4 Å². The van der Waals surface area contributed by atoms with Gasteiger partial charge in [0.2, 0.25) is 11.8 Å². The first-order valence-electron chi connectivity index (χ1n) is 18.4. The maximum absolute atomic E-state index is 13.9. The molecule has 1 atom stereocenters. The van der Waals surface area contributed by atoms with Gasteiger partial charge >= 0.3 is 0 Å². The molecule has 0 aromatic heterocycles. The van der Waals surface area contributed by atoms with Crippen LogP contribution in [0.1, 0.15) is 86.3 Å². The maximum Gasteiger partial charge on any atom is 0.264 e. The number of carbonyl (C=O) groups excluding carboxylic acids is 6. The van der Waals surface area contributed by atoms with E-state index in [1.807, 2.05) is 32.0 Å². The third kappa shape index (κ3) is 9.36. The number of hydrogen-bond acceptors (Lipinski definition) is 12. The molecule has 4 aromatic carbocycles. The molecule has 2 aliphatic rings. The highest BCUT2D eigenvalue weighted by Gasteiger charge is 2.46. The minimum absolute atomic E-state index is 0.0481. The van der Waals surface area contributed by atoms with Gasteiger partial charge in [0.05, 0.1) is 72.9 Å². The van der Waals surface area contributed by atoms with E-state index in [-0.39, 0.29) is 51.5 Å². The summed E-state index contributed by atoms with van der Waals surface area (Å²) < 4.78 is 49.3. The first-order valence-corrected chi connectivity index (χ1v) is 20.2. The minimum atomic E-state index is -4.46. The van der Waals surface area contributed by atoms with Gasteiger partial charge in [-0.05, 0) is 80.4 Å². The Labute approximate surface area is 341 Å². The van der Waals surface area contributed by atoms with E-state index in [1.165, 1.54) is 81.1 Å². The molecular weight excluding hydrogens is 785 g/mol. The summed E-state index contributed by atoms with van der Waals surface area (Å²) in [7, 11) is -1.41. The van der Waals surface area contributed by atoms with Gasteiger partial charge in [0.25, 0.3) is 23.6 Å². The highest BCUT2D eigenvalue weighted by atomic mass is 32.2. The van der Waals surface area contributed by atoms with Crippen molar-refractivity contribution < 1.29 is 56.1 Å². The molecule has 17 heteroatoms. The van der Waals surface area contributed by atoms with E-state index in [4.69, 9.17) is 18.9 Å². The molecule has 16 nitrogen and oxygen atoms in total. The summed E-state index contributed by atoms with van der Waals surface area (Å²) in [6.07, 6.45) is 0. The van der Waals surface area contributed by atoms with Crippen LogP contribution in [0, 0.1) is 6.92 Å². The van der Waals surface area contributed by atoms with Crippen molar-refractivity contribution in [3.05, 3.63) is 106 Å². The summed E-state index contributed by atoms with van der Waals surface area (Å²) >= 11 is 0. The molecule has 0 radical (unpaired) electrons. The molecule has 0 fully saturated rings. The van der Waals surface area contributed by atoms with Crippen LogP contribution in [0.15, 0.2) is 72.8 Å². The summed E-state index contributed by atoms with van der Waals surface area (Å²) in [4.78, 5) is 79.2. The van der Waals surface area contributed by atoms with Gasteiger partial charge in [-0.25, -0.2) is 8.42 Å². The number of rotatable bonds is 14. The predicted octanol–water partition coefficient (Wildman–Crippen LogP) is 5.42. The molecule has 6 amide bonds. The molecule has 1 unspecified atom stereocenters. The van der Waals surface area contributed by atoms with Crippen LogP contribution in [0.3, 0.4) is 0 Å². The number of anilines is 2. The largest absolute Gasteiger partial charge is 0.493 e. The maximum atomic E-state index is 13.9. The van der Waals surface area contributed by atoms with Gasteiger partial charge in [-0.15, -0.1) is 0 Å². The van der Waals surface area contributed by atoms with Gasteiger partial charge in [-0.1, -0.05) is 24.3 Å². The van der Waals surface area contributed by atoms with E-state index in [9.17, 15) is 37.2 Å². The van der Waals surface area contributed by atoms with Crippen LogP contribution in [-0.4, -0.2) is 92.7 Å². The van der Waals surface area contributed by atoms with Gasteiger partial charge in [0.1, 0.15) is 5.88 Å². The number of carbonyl (C=O) groups is 6. The number of ether oxygens (including phenoxy) is 4. The molecule has 0 spiro atoms. The SMILES string of the molecule is CCOc1cc(C(CS(=O)(=O)CN2C(=O)c3cccc(NC(C)=O)c3C2=O)N2C(=O)c3cccc(NC(C)=O)c3C2=O)ccc1OC.CCOc1cc(C)ccc1OC. The number of methoxy groups -OCH3 is 2. The van der Waals surface area contributed by atoms with Crippen molar-refractivity contribution in [2.75, 3.05) is 49.7 Å². The number of nitrogens with one attached hydrogen (secondary N) is 2. The molecule has 0 bridgehead atoms. The van der Waals surface area contributed by atoms with Crippen LogP contribution >= 0.6 is 0 Å². The molecule has 310 valence electrons. The molecule has 2 heterocycles. The quantitative estimate of drug-likeness (QED) is 0.153. The number of sulfone groups is 1. The normalized spacial score (nSPS) is 13.5. The fourth-order valence-corrected chi connectivity index (χ4v) is 8.21. The van der Waals surface area contributed by atoms with E-state index < -0.39 is 63.0 Å². The van der Waals surface area contributed by atoms with Crippen LogP contribution in [0.5, 0.6) is 23.0 Å². The van der Waals surface area contributed by atoms with Gasteiger partial charge in [0, 0.05) is 13.8 Å². The van der Waals surface area contributed by atoms with Crippen LogP contribution in [0.4, 0.5) is 11.4 Å². The summed E-state index contributed by atoms with van der Waals surface area (Å²) in [5.74, 6) is -4.30. The summed E-state index contributed by atoms with van der Waals surface area (Å²) in [5.41, 5.74) is 1.09. The topological polar surface area (TPSA) is 204 Å². The number of nitrogens with zero attached hydrogens (tertiary/aromatic N) is 2. The lowest BCUT2D eigenvalue weighted by Gasteiger charge is -2.28. The molecule has 0 saturated carbocycles. The Balaban J connectivity index is 0.000000473. The number of imide groups is 2. The van der Waals surface area contributed by atoms with Crippen molar-refractivity contribution in [1.82, 2.24) is 9.80 Å². The Hall–Kier alpha value is -6.75. The lowest BCUT2D eigenvalue weighted by atomic mass is 10.1. The summed E-state index contributed by atoms with van der Waals surface area (Å²) in [6, 6.07) is 17.3. The van der Waals surface area contributed by atoms with E-state index >= 15 is 0 Å². The average molecular weight is 829 g/mol. The second-order valence-electron chi connectivity index (χ2n) is 13.3. The van der Waals surface area contributed by atoms with Crippen molar-refractivity contribution in [1.29, 1.82) is 0 Å². The lowest BCUT2D eigenvalue weighted by Crippen LogP contribution is -2.41. The molecule has 0 saturated heterocycles. The molecule has 2 aliphatic heterocycles. The van der Waals surface area contributed by atoms with Crippen molar-refractivity contribution in [3.63, 3.8) is 0 Å². The van der Waals surface area contributed by atoms with E-state index in [0.717, 1.165) is 16.4 Å². The first kappa shape index (κ1) is 43.4. The Morgan fingerprint density at radius 2 is 1.17 bits per heavy atom. The van der Waals surface area contributed by atoms with Crippen molar-refractivity contribution in [2.45, 2.75) is 40.7 Å². The molecular formula is C42H44N4O12S. The minimum Gasteiger partial charge on any atom is -0.493 e. The highest BCUT2D eigenvalue weighted by Crippen LogP contribution is 2.39. The number of aryl methyl sites for hydroxylation is 1. The number of fused-ring (bicyclic) bond motifs is 2. The van der Waals surface area contributed by atoms with Crippen LogP contribution in [0.25, 0.3) is 0 Å². The van der Waals surface area contributed by atoms with Gasteiger partial charge < -0.3 is 29.6 Å². The van der Waals surface area contributed by atoms with Crippen molar-refractivity contribution in [3.8, 4) is 23.0 Å². The smallest absolute Gasteiger partial charge is 0.264 e. The number of benzene rings is 4. The third-order valence-corrected chi connectivity index (χ3v) is 10.6. The zero-order chi connectivity index (χ0) is 43.2. The second kappa shape index (κ2) is 18.2. The number of amides is 6. The molecule has 6 rings (SSSR count). The van der Waals surface area contributed by atoms with Gasteiger partial charge in [-0.2, -0.15) is 0 Å². The first-order chi connectivity index (χ1) is 28.0. The second-order valence-corrected chi connectivity index (χ2v) is 15.4. The monoisotopic (exact) mass is 828 g/mol. The van der Waals surface area contributed by atoms with Gasteiger partial charge in [-0.3, -0.25) is 38.6 Å². The zero-order valence-electron chi connectivity index (χ0n) is 33.5. The summed E-state index contributed by atoms with van der Waals surface area (Å²) in [6.45, 7) is 9.05. The molecule has 59 heavy (non-hydrogen) atoms. The van der Waals surface area contributed by atoms with Crippen LogP contribution < -0.4 is 29.6 Å².